The van der Waals surface area contributed by atoms with Crippen LogP contribution in [0.2, 0.25) is 0 Å². The molecule has 2 aromatic rings. The first-order valence-corrected chi connectivity index (χ1v) is 7.45. The van der Waals surface area contributed by atoms with Crippen molar-refractivity contribution < 1.29 is 19.4 Å². The molecule has 0 bridgehead atoms. The quantitative estimate of drug-likeness (QED) is 0.792. The second-order valence-corrected chi connectivity index (χ2v) is 5.46. The van der Waals surface area contributed by atoms with Crippen LogP contribution in [0.3, 0.4) is 0 Å². The van der Waals surface area contributed by atoms with Crippen LogP contribution in [-0.2, 0) is 16.1 Å². The zero-order chi connectivity index (χ0) is 17.5. The van der Waals surface area contributed by atoms with Crippen molar-refractivity contribution in [3.05, 3.63) is 59.7 Å². The molecule has 2 aromatic carbocycles. The molecule has 24 heavy (non-hydrogen) atoms. The van der Waals surface area contributed by atoms with Crippen molar-refractivity contribution in [2.24, 2.45) is 0 Å². The van der Waals surface area contributed by atoms with E-state index in [1.165, 1.54) is 24.3 Å². The third kappa shape index (κ3) is 5.01. The van der Waals surface area contributed by atoms with Crippen LogP contribution in [0.5, 0.6) is 5.75 Å². The number of anilines is 1. The summed E-state index contributed by atoms with van der Waals surface area (Å²) >= 11 is 0. The Morgan fingerprint density at radius 3 is 2.46 bits per heavy atom. The number of carbonyl (C=O) groups is 2. The Hall–Kier alpha value is -3.02. The number of amides is 1. The normalized spacial score (nSPS) is 10.1. The van der Waals surface area contributed by atoms with Crippen molar-refractivity contribution in [2.75, 3.05) is 25.6 Å². The SMILES string of the molecule is CN(C)c1ccc(CNC(=O)COC(=O)c2cccc(O)c2)cc1. The lowest BCUT2D eigenvalue weighted by Crippen LogP contribution is -2.28. The van der Waals surface area contributed by atoms with Crippen LogP contribution in [0.1, 0.15) is 15.9 Å². The van der Waals surface area contributed by atoms with Gasteiger partial charge in [-0.3, -0.25) is 4.79 Å². The van der Waals surface area contributed by atoms with Crippen LogP contribution >= 0.6 is 0 Å². The number of ether oxygens (including phenoxy) is 1. The average Bonchev–Trinajstić information content (AvgIpc) is 2.58. The monoisotopic (exact) mass is 328 g/mol. The fraction of sp³-hybridized carbons (Fsp3) is 0.222. The Morgan fingerprint density at radius 1 is 1.12 bits per heavy atom. The van der Waals surface area contributed by atoms with Gasteiger partial charge in [0.05, 0.1) is 5.56 Å². The minimum absolute atomic E-state index is 0.0323. The van der Waals surface area contributed by atoms with Gasteiger partial charge < -0.3 is 20.1 Å². The zero-order valence-corrected chi connectivity index (χ0v) is 13.7. The predicted octanol–water partition coefficient (Wildman–Crippen LogP) is 1.93. The number of nitrogens with zero attached hydrogens (tertiary/aromatic N) is 1. The molecule has 0 aromatic heterocycles. The van der Waals surface area contributed by atoms with Gasteiger partial charge in [-0.25, -0.2) is 4.79 Å². The summed E-state index contributed by atoms with van der Waals surface area (Å²) in [5, 5.41) is 12.0. The third-order valence-corrected chi connectivity index (χ3v) is 3.36. The van der Waals surface area contributed by atoms with E-state index in [9.17, 15) is 14.7 Å². The Balaban J connectivity index is 1.78. The molecule has 2 N–H and O–H groups in total. The first kappa shape index (κ1) is 17.3. The number of nitrogens with one attached hydrogen (secondary N) is 1. The zero-order valence-electron chi connectivity index (χ0n) is 13.7. The van der Waals surface area contributed by atoms with Gasteiger partial charge in [0.15, 0.2) is 6.61 Å². The maximum Gasteiger partial charge on any atom is 0.338 e. The predicted molar refractivity (Wildman–Crippen MR) is 91.0 cm³/mol. The topological polar surface area (TPSA) is 78.9 Å². The summed E-state index contributed by atoms with van der Waals surface area (Å²) in [6, 6.07) is 13.5. The molecule has 1 amide bonds. The fourth-order valence-corrected chi connectivity index (χ4v) is 2.01. The first-order valence-electron chi connectivity index (χ1n) is 7.45. The summed E-state index contributed by atoms with van der Waals surface area (Å²) in [5.41, 5.74) is 2.22. The minimum atomic E-state index is -0.656. The molecule has 2 rings (SSSR count). The number of aromatic hydroxyl groups is 1. The van der Waals surface area contributed by atoms with Gasteiger partial charge >= 0.3 is 5.97 Å². The van der Waals surface area contributed by atoms with Gasteiger partial charge in [0.2, 0.25) is 0 Å². The number of rotatable bonds is 6. The molecule has 0 radical (unpaired) electrons. The number of hydrogen-bond donors (Lipinski definition) is 2. The van der Waals surface area contributed by atoms with Gasteiger partial charge in [-0.15, -0.1) is 0 Å². The summed E-state index contributed by atoms with van der Waals surface area (Å²) < 4.78 is 4.92. The minimum Gasteiger partial charge on any atom is -0.508 e. The smallest absolute Gasteiger partial charge is 0.338 e. The van der Waals surface area contributed by atoms with Gasteiger partial charge in [0.1, 0.15) is 5.75 Å². The molecule has 0 saturated heterocycles. The molecule has 0 saturated carbocycles. The number of phenolic OH excluding ortho intramolecular Hbond substituents is 1. The molecule has 0 fully saturated rings. The molecular formula is C18H20N2O4. The molecular weight excluding hydrogens is 308 g/mol. The fourth-order valence-electron chi connectivity index (χ4n) is 2.01. The van der Waals surface area contributed by atoms with E-state index in [1.54, 1.807) is 0 Å². The van der Waals surface area contributed by atoms with E-state index in [0.29, 0.717) is 6.54 Å². The van der Waals surface area contributed by atoms with Gasteiger partial charge in [-0.05, 0) is 35.9 Å². The molecule has 6 nitrogen and oxygen atoms in total. The van der Waals surface area contributed by atoms with Gasteiger partial charge in [0, 0.05) is 26.3 Å². The lowest BCUT2D eigenvalue weighted by molar-refractivity contribution is -0.124. The second kappa shape index (κ2) is 8.01. The number of hydrogen-bond acceptors (Lipinski definition) is 5. The summed E-state index contributed by atoms with van der Waals surface area (Å²) in [5.74, 6) is -1.08. The van der Waals surface area contributed by atoms with Crippen molar-refractivity contribution in [1.29, 1.82) is 0 Å². The molecule has 0 unspecified atom stereocenters. The maximum absolute atomic E-state index is 11.8. The third-order valence-electron chi connectivity index (χ3n) is 3.36. The summed E-state index contributed by atoms with van der Waals surface area (Å²) in [6.07, 6.45) is 0. The Bertz CT molecular complexity index is 711. The Morgan fingerprint density at radius 2 is 1.83 bits per heavy atom. The molecule has 126 valence electrons. The van der Waals surface area contributed by atoms with Crippen molar-refractivity contribution in [2.45, 2.75) is 6.54 Å². The molecule has 0 spiro atoms. The van der Waals surface area contributed by atoms with Crippen molar-refractivity contribution in [3.8, 4) is 5.75 Å². The summed E-state index contributed by atoms with van der Waals surface area (Å²) in [4.78, 5) is 25.5. The van der Waals surface area contributed by atoms with Crippen LogP contribution in [0, 0.1) is 0 Å². The van der Waals surface area contributed by atoms with E-state index >= 15 is 0 Å². The van der Waals surface area contributed by atoms with Crippen LogP contribution < -0.4 is 10.2 Å². The highest BCUT2D eigenvalue weighted by Crippen LogP contribution is 2.12. The largest absolute Gasteiger partial charge is 0.508 e. The maximum atomic E-state index is 11.8. The van der Waals surface area contributed by atoms with Crippen molar-refractivity contribution in [1.82, 2.24) is 5.32 Å². The van der Waals surface area contributed by atoms with Crippen molar-refractivity contribution in [3.63, 3.8) is 0 Å². The number of esters is 1. The highest BCUT2D eigenvalue weighted by Gasteiger charge is 2.10. The molecule has 6 heteroatoms. The van der Waals surface area contributed by atoms with Gasteiger partial charge in [0.25, 0.3) is 5.91 Å². The van der Waals surface area contributed by atoms with Crippen LogP contribution in [0.25, 0.3) is 0 Å². The lowest BCUT2D eigenvalue weighted by atomic mass is 10.2. The van der Waals surface area contributed by atoms with Crippen molar-refractivity contribution >= 4 is 17.6 Å². The first-order chi connectivity index (χ1) is 11.5. The average molecular weight is 328 g/mol. The summed E-state index contributed by atoms with van der Waals surface area (Å²) in [6.45, 7) is -0.0134. The summed E-state index contributed by atoms with van der Waals surface area (Å²) in [7, 11) is 3.91. The molecule has 0 atom stereocenters. The highest BCUT2D eigenvalue weighted by atomic mass is 16.5. The highest BCUT2D eigenvalue weighted by molar-refractivity contribution is 5.91. The lowest BCUT2D eigenvalue weighted by Gasteiger charge is -2.13. The van der Waals surface area contributed by atoms with Crippen LogP contribution in [0.4, 0.5) is 5.69 Å². The van der Waals surface area contributed by atoms with E-state index in [0.717, 1.165) is 11.3 Å². The Kier molecular flexibility index (Phi) is 5.78. The second-order valence-electron chi connectivity index (χ2n) is 5.46. The Labute approximate surface area is 140 Å². The number of phenols is 1. The van der Waals surface area contributed by atoms with Gasteiger partial charge in [-0.2, -0.15) is 0 Å². The molecule has 0 aliphatic rings. The number of benzene rings is 2. The molecule has 0 aliphatic heterocycles. The van der Waals surface area contributed by atoms with Crippen LogP contribution in [-0.4, -0.2) is 37.7 Å². The van der Waals surface area contributed by atoms with E-state index in [4.69, 9.17) is 4.74 Å². The van der Waals surface area contributed by atoms with Gasteiger partial charge in [-0.1, -0.05) is 18.2 Å². The van der Waals surface area contributed by atoms with E-state index in [-0.39, 0.29) is 23.8 Å². The van der Waals surface area contributed by atoms with E-state index < -0.39 is 5.97 Å². The van der Waals surface area contributed by atoms with E-state index in [1.807, 2.05) is 43.3 Å². The molecule has 0 aliphatic carbocycles. The standard InChI is InChI=1S/C18H20N2O4/c1-20(2)15-8-6-13(7-9-15)11-19-17(22)12-24-18(23)14-4-3-5-16(21)10-14/h3-10,21H,11-12H2,1-2H3,(H,19,22). The van der Waals surface area contributed by atoms with E-state index in [2.05, 4.69) is 5.32 Å². The number of carbonyl (C=O) groups excluding carboxylic acids is 2. The van der Waals surface area contributed by atoms with Crippen LogP contribution in [0.15, 0.2) is 48.5 Å². The molecule has 0 heterocycles.